The second-order valence-corrected chi connectivity index (χ2v) is 6.92. The van der Waals surface area contributed by atoms with Gasteiger partial charge in [-0.2, -0.15) is 0 Å². The van der Waals surface area contributed by atoms with Crippen LogP contribution in [0.25, 0.3) is 0 Å². The molecule has 0 aromatic heterocycles. The van der Waals surface area contributed by atoms with Gasteiger partial charge in [-0.25, -0.2) is 0 Å². The van der Waals surface area contributed by atoms with Crippen molar-refractivity contribution in [2.24, 2.45) is 0 Å². The van der Waals surface area contributed by atoms with Gasteiger partial charge in [-0.3, -0.25) is 9.59 Å². The van der Waals surface area contributed by atoms with Crippen LogP contribution in [0.2, 0.25) is 0 Å². The van der Waals surface area contributed by atoms with Crippen molar-refractivity contribution in [3.8, 4) is 5.75 Å². The summed E-state index contributed by atoms with van der Waals surface area (Å²) in [5, 5.41) is 2.81. The standard InChI is InChI=1S/C23H28N2O4/c1-4-25(18(3)27)15-20-6-5-7-21(14-20)24-23(28)16-29-22-12-10-19(11-13-22)9-8-17(2)26/h5-7,10-14H,4,8-9,15-16H2,1-3H3,(H,24,28). The van der Waals surface area contributed by atoms with Gasteiger partial charge in [0.05, 0.1) is 0 Å². The molecular formula is C23H28N2O4. The highest BCUT2D eigenvalue weighted by Gasteiger charge is 2.09. The molecule has 0 aliphatic carbocycles. The lowest BCUT2D eigenvalue weighted by Gasteiger charge is -2.19. The predicted octanol–water partition coefficient (Wildman–Crippen LogP) is 3.59. The molecule has 0 bridgehead atoms. The van der Waals surface area contributed by atoms with Crippen molar-refractivity contribution in [1.82, 2.24) is 4.90 Å². The molecule has 154 valence electrons. The van der Waals surface area contributed by atoms with Crippen LogP contribution in [-0.4, -0.2) is 35.6 Å². The smallest absolute Gasteiger partial charge is 0.262 e. The van der Waals surface area contributed by atoms with Crippen molar-refractivity contribution >= 4 is 23.3 Å². The maximum Gasteiger partial charge on any atom is 0.262 e. The molecule has 0 spiro atoms. The summed E-state index contributed by atoms with van der Waals surface area (Å²) >= 11 is 0. The van der Waals surface area contributed by atoms with Crippen molar-refractivity contribution in [1.29, 1.82) is 0 Å². The Morgan fingerprint density at radius 1 is 1.00 bits per heavy atom. The number of benzene rings is 2. The van der Waals surface area contributed by atoms with Crippen molar-refractivity contribution in [3.63, 3.8) is 0 Å². The van der Waals surface area contributed by atoms with E-state index < -0.39 is 0 Å². The van der Waals surface area contributed by atoms with Crippen molar-refractivity contribution in [2.75, 3.05) is 18.5 Å². The molecule has 0 atom stereocenters. The highest BCUT2D eigenvalue weighted by Crippen LogP contribution is 2.15. The van der Waals surface area contributed by atoms with Crippen LogP contribution >= 0.6 is 0 Å². The van der Waals surface area contributed by atoms with Gasteiger partial charge in [0.1, 0.15) is 11.5 Å². The Morgan fingerprint density at radius 2 is 1.72 bits per heavy atom. The zero-order chi connectivity index (χ0) is 21.2. The number of hydrogen-bond acceptors (Lipinski definition) is 4. The van der Waals surface area contributed by atoms with E-state index in [1.807, 2.05) is 37.3 Å². The van der Waals surface area contributed by atoms with Gasteiger partial charge in [0.15, 0.2) is 6.61 Å². The Bertz CT molecular complexity index is 846. The fourth-order valence-corrected chi connectivity index (χ4v) is 2.83. The van der Waals surface area contributed by atoms with E-state index in [9.17, 15) is 14.4 Å². The Kier molecular flexibility index (Phi) is 8.40. The first kappa shape index (κ1) is 22.1. The number of hydrogen-bond donors (Lipinski definition) is 1. The molecule has 2 aromatic carbocycles. The number of nitrogens with zero attached hydrogens (tertiary/aromatic N) is 1. The van der Waals surface area contributed by atoms with E-state index in [1.165, 1.54) is 0 Å². The van der Waals surface area contributed by atoms with Gasteiger partial charge in [0, 0.05) is 32.1 Å². The molecule has 2 aromatic rings. The average Bonchev–Trinajstić information content (AvgIpc) is 2.69. The number of carbonyl (C=O) groups excluding carboxylic acids is 3. The minimum absolute atomic E-state index is 0.0163. The summed E-state index contributed by atoms with van der Waals surface area (Å²) in [5.41, 5.74) is 2.66. The molecule has 0 aliphatic heterocycles. The number of anilines is 1. The van der Waals surface area contributed by atoms with E-state index in [-0.39, 0.29) is 24.2 Å². The van der Waals surface area contributed by atoms with Gasteiger partial charge < -0.3 is 19.7 Å². The number of rotatable bonds is 10. The van der Waals surface area contributed by atoms with Crippen LogP contribution in [0, 0.1) is 0 Å². The number of aryl methyl sites for hydroxylation is 1. The minimum atomic E-state index is -0.262. The Balaban J connectivity index is 1.85. The zero-order valence-corrected chi connectivity index (χ0v) is 17.2. The summed E-state index contributed by atoms with van der Waals surface area (Å²) in [4.78, 5) is 36.5. The number of amides is 2. The molecule has 2 amide bonds. The van der Waals surface area contributed by atoms with Gasteiger partial charge >= 0.3 is 0 Å². The lowest BCUT2D eigenvalue weighted by Crippen LogP contribution is -2.27. The van der Waals surface area contributed by atoms with E-state index in [2.05, 4.69) is 5.32 Å². The second-order valence-electron chi connectivity index (χ2n) is 6.92. The van der Waals surface area contributed by atoms with Crippen LogP contribution in [0.3, 0.4) is 0 Å². The summed E-state index contributed by atoms with van der Waals surface area (Å²) < 4.78 is 5.53. The molecule has 1 N–H and O–H groups in total. The van der Waals surface area contributed by atoms with E-state index >= 15 is 0 Å². The lowest BCUT2D eigenvalue weighted by molar-refractivity contribution is -0.129. The number of ketones is 1. The summed E-state index contributed by atoms with van der Waals surface area (Å²) in [7, 11) is 0. The SMILES string of the molecule is CCN(Cc1cccc(NC(=O)COc2ccc(CCC(C)=O)cc2)c1)C(C)=O. The van der Waals surface area contributed by atoms with Gasteiger partial charge in [-0.05, 0) is 55.7 Å². The largest absolute Gasteiger partial charge is 0.484 e. The average molecular weight is 396 g/mol. The lowest BCUT2D eigenvalue weighted by atomic mass is 10.1. The molecular weight excluding hydrogens is 368 g/mol. The highest BCUT2D eigenvalue weighted by molar-refractivity contribution is 5.92. The van der Waals surface area contributed by atoms with Crippen LogP contribution in [0.4, 0.5) is 5.69 Å². The van der Waals surface area contributed by atoms with Crippen LogP contribution < -0.4 is 10.1 Å². The second kappa shape index (κ2) is 11.0. The predicted molar refractivity (Wildman–Crippen MR) is 113 cm³/mol. The molecule has 0 heterocycles. The van der Waals surface area contributed by atoms with Gasteiger partial charge in [0.25, 0.3) is 5.91 Å². The van der Waals surface area contributed by atoms with Crippen LogP contribution in [0.5, 0.6) is 5.75 Å². The van der Waals surface area contributed by atoms with E-state index in [1.54, 1.807) is 36.9 Å². The number of nitrogens with one attached hydrogen (secondary N) is 1. The molecule has 0 aliphatic rings. The van der Waals surface area contributed by atoms with Crippen LogP contribution in [0.1, 0.15) is 38.3 Å². The number of ether oxygens (including phenoxy) is 1. The molecule has 0 saturated heterocycles. The fourth-order valence-electron chi connectivity index (χ4n) is 2.83. The van der Waals surface area contributed by atoms with Crippen LogP contribution in [0.15, 0.2) is 48.5 Å². The highest BCUT2D eigenvalue weighted by atomic mass is 16.5. The minimum Gasteiger partial charge on any atom is -0.484 e. The normalized spacial score (nSPS) is 10.3. The van der Waals surface area contributed by atoms with E-state index in [4.69, 9.17) is 4.74 Å². The first-order valence-corrected chi connectivity index (χ1v) is 9.73. The third kappa shape index (κ3) is 7.78. The fraction of sp³-hybridized carbons (Fsp3) is 0.348. The van der Waals surface area contributed by atoms with Crippen molar-refractivity contribution in [3.05, 3.63) is 59.7 Å². The summed E-state index contributed by atoms with van der Waals surface area (Å²) in [6.45, 7) is 6.08. The maximum absolute atomic E-state index is 12.2. The molecule has 6 heteroatoms. The van der Waals surface area contributed by atoms with Gasteiger partial charge in [-0.1, -0.05) is 24.3 Å². The monoisotopic (exact) mass is 396 g/mol. The number of Topliss-reactive ketones (excluding diaryl/α,β-unsaturated/α-hetero) is 1. The summed E-state index contributed by atoms with van der Waals surface area (Å²) in [6.07, 6.45) is 1.22. The summed E-state index contributed by atoms with van der Waals surface area (Å²) in [5.74, 6) is 0.514. The molecule has 0 fully saturated rings. The van der Waals surface area contributed by atoms with Crippen molar-refractivity contribution in [2.45, 2.75) is 40.2 Å². The first-order chi connectivity index (χ1) is 13.9. The van der Waals surface area contributed by atoms with Crippen LogP contribution in [-0.2, 0) is 27.3 Å². The maximum atomic E-state index is 12.2. The molecule has 2 rings (SSSR count). The van der Waals surface area contributed by atoms with Gasteiger partial charge in [-0.15, -0.1) is 0 Å². The van der Waals surface area contributed by atoms with E-state index in [0.29, 0.717) is 37.4 Å². The van der Waals surface area contributed by atoms with E-state index in [0.717, 1.165) is 11.1 Å². The van der Waals surface area contributed by atoms with Crippen molar-refractivity contribution < 1.29 is 19.1 Å². The molecule has 29 heavy (non-hydrogen) atoms. The molecule has 0 unspecified atom stereocenters. The molecule has 6 nitrogen and oxygen atoms in total. The third-order valence-electron chi connectivity index (χ3n) is 4.47. The first-order valence-electron chi connectivity index (χ1n) is 9.73. The molecule has 0 radical (unpaired) electrons. The third-order valence-corrected chi connectivity index (χ3v) is 4.47. The number of carbonyl (C=O) groups is 3. The zero-order valence-electron chi connectivity index (χ0n) is 17.2. The Morgan fingerprint density at radius 3 is 2.34 bits per heavy atom. The molecule has 0 saturated carbocycles. The summed E-state index contributed by atoms with van der Waals surface area (Å²) in [6, 6.07) is 14.8. The Hall–Kier alpha value is -3.15. The van der Waals surface area contributed by atoms with Gasteiger partial charge in [0.2, 0.25) is 5.91 Å². The quantitative estimate of drug-likeness (QED) is 0.666. The topological polar surface area (TPSA) is 75.7 Å². The Labute approximate surface area is 171 Å².